The van der Waals surface area contributed by atoms with Crippen LogP contribution in [-0.2, 0) is 0 Å². The highest BCUT2D eigenvalue weighted by atomic mass is 32.2. The predicted octanol–water partition coefficient (Wildman–Crippen LogP) is 5.33. The lowest BCUT2D eigenvalue weighted by atomic mass is 10.0. The second kappa shape index (κ2) is 7.36. The monoisotopic (exact) mass is 416 g/mol. The molecule has 4 N–H and O–H groups in total. The van der Waals surface area contributed by atoms with E-state index in [1.54, 1.807) is 0 Å². The van der Waals surface area contributed by atoms with E-state index >= 15 is 0 Å². The summed E-state index contributed by atoms with van der Waals surface area (Å²) in [6, 6.07) is 21.7. The van der Waals surface area contributed by atoms with Crippen LogP contribution in [-0.4, -0.2) is 25.4 Å². The summed E-state index contributed by atoms with van der Waals surface area (Å²) in [6.45, 7) is 2.66. The van der Waals surface area contributed by atoms with Crippen LogP contribution in [0.1, 0.15) is 23.3 Å². The minimum atomic E-state index is 0.0127. The summed E-state index contributed by atoms with van der Waals surface area (Å²) < 4.78 is 6.47. The maximum Gasteiger partial charge on any atom is 0.143 e. The zero-order valence-corrected chi connectivity index (χ0v) is 17.4. The molecule has 3 aliphatic heterocycles. The van der Waals surface area contributed by atoms with E-state index in [0.717, 1.165) is 48.2 Å². The zero-order chi connectivity index (χ0) is 19.9. The van der Waals surface area contributed by atoms with Gasteiger partial charge in [0.2, 0.25) is 0 Å². The quantitative estimate of drug-likeness (QED) is 0.453. The number of ether oxygens (including phenoxy) is 1. The number of benzene rings is 3. The number of nitrogens with one attached hydrogen (secondary N) is 4. The Labute approximate surface area is 180 Å². The summed E-state index contributed by atoms with van der Waals surface area (Å²) in [6.07, 6.45) is 0.0127. The highest BCUT2D eigenvalue weighted by Gasteiger charge is 2.25. The largest absolute Gasteiger partial charge is 0.482 e. The fourth-order valence-electron chi connectivity index (χ4n) is 4.35. The molecule has 6 heteroatoms. The molecule has 3 aromatic carbocycles. The van der Waals surface area contributed by atoms with Crippen molar-refractivity contribution in [1.29, 1.82) is 0 Å². The molecule has 6 rings (SSSR count). The second-order valence-electron chi connectivity index (χ2n) is 7.90. The molecule has 0 amide bonds. The van der Waals surface area contributed by atoms with Crippen molar-refractivity contribution in [2.75, 3.05) is 46.7 Å². The van der Waals surface area contributed by atoms with Gasteiger partial charge in [0, 0.05) is 29.4 Å². The van der Waals surface area contributed by atoms with Crippen LogP contribution in [0.25, 0.3) is 0 Å². The summed E-state index contributed by atoms with van der Waals surface area (Å²) in [7, 11) is 0. The van der Waals surface area contributed by atoms with Crippen LogP contribution in [0.15, 0.2) is 65.6 Å². The van der Waals surface area contributed by atoms with Crippen molar-refractivity contribution in [3.8, 4) is 5.75 Å². The van der Waals surface area contributed by atoms with E-state index in [2.05, 4.69) is 81.9 Å². The molecule has 0 fully saturated rings. The minimum Gasteiger partial charge on any atom is -0.482 e. The highest BCUT2D eigenvalue weighted by Crippen LogP contribution is 2.40. The van der Waals surface area contributed by atoms with Gasteiger partial charge in [-0.1, -0.05) is 24.3 Å². The predicted molar refractivity (Wildman–Crippen MR) is 125 cm³/mol. The molecule has 0 radical (unpaired) electrons. The Morgan fingerprint density at radius 2 is 1.60 bits per heavy atom. The van der Waals surface area contributed by atoms with Gasteiger partial charge in [0.25, 0.3) is 0 Å². The van der Waals surface area contributed by atoms with E-state index in [-0.39, 0.29) is 12.1 Å². The van der Waals surface area contributed by atoms with Crippen molar-refractivity contribution >= 4 is 34.5 Å². The molecule has 0 aliphatic carbocycles. The molecule has 30 heavy (non-hydrogen) atoms. The van der Waals surface area contributed by atoms with E-state index in [4.69, 9.17) is 4.74 Å². The maximum atomic E-state index is 6.47. The highest BCUT2D eigenvalue weighted by molar-refractivity contribution is 7.99. The Hall–Kier alpha value is -2.99. The molecule has 2 atom stereocenters. The van der Waals surface area contributed by atoms with Crippen molar-refractivity contribution < 1.29 is 4.74 Å². The van der Waals surface area contributed by atoms with Crippen LogP contribution in [0.2, 0.25) is 0 Å². The Balaban J connectivity index is 1.24. The zero-order valence-electron chi connectivity index (χ0n) is 16.6. The Bertz CT molecular complexity index is 1100. The molecule has 0 spiro atoms. The van der Waals surface area contributed by atoms with Crippen LogP contribution < -0.4 is 26.0 Å². The molecule has 2 unspecified atom stereocenters. The minimum absolute atomic E-state index is 0.0127. The molecule has 0 saturated carbocycles. The van der Waals surface area contributed by atoms with Crippen molar-refractivity contribution in [3.63, 3.8) is 0 Å². The molecule has 0 aromatic heterocycles. The molecule has 152 valence electrons. The molecule has 3 aliphatic rings. The van der Waals surface area contributed by atoms with Crippen LogP contribution in [0, 0.1) is 0 Å². The van der Waals surface area contributed by atoms with E-state index < -0.39 is 0 Å². The summed E-state index contributed by atoms with van der Waals surface area (Å²) in [4.78, 5) is 1.32. The number of thioether (sulfide) groups is 1. The van der Waals surface area contributed by atoms with E-state index in [1.807, 2.05) is 11.8 Å². The SMILES string of the molecule is c1ccc2c(c1)NCC(c1ccc3c(c1)OC(c1ccc4c(c1)SCCN4)CN3)N2. The number of rotatable bonds is 2. The smallest absolute Gasteiger partial charge is 0.143 e. The average molecular weight is 417 g/mol. The van der Waals surface area contributed by atoms with Crippen LogP contribution in [0.4, 0.5) is 22.7 Å². The standard InChI is InChI=1S/C24H24N4OS/c1-2-4-18-17(3-1)26-13-21(28-18)15-5-7-19-22(11-15)29-23(14-27-19)16-6-8-20-24(12-16)30-10-9-25-20/h1-8,11-12,21,23,25-28H,9-10,13-14H2. The van der Waals surface area contributed by atoms with Crippen molar-refractivity contribution in [3.05, 3.63) is 71.8 Å². The summed E-state index contributed by atoms with van der Waals surface area (Å²) in [5, 5.41) is 14.2. The molecule has 3 heterocycles. The first-order valence-electron chi connectivity index (χ1n) is 10.5. The van der Waals surface area contributed by atoms with Crippen LogP contribution in [0.3, 0.4) is 0 Å². The summed E-state index contributed by atoms with van der Waals surface area (Å²) in [5.74, 6) is 2.03. The van der Waals surface area contributed by atoms with Crippen molar-refractivity contribution in [2.45, 2.75) is 17.0 Å². The topological polar surface area (TPSA) is 57.4 Å². The van der Waals surface area contributed by atoms with Gasteiger partial charge in [-0.3, -0.25) is 0 Å². The fourth-order valence-corrected chi connectivity index (χ4v) is 5.29. The third-order valence-corrected chi connectivity index (χ3v) is 7.02. The maximum absolute atomic E-state index is 6.47. The molecule has 0 bridgehead atoms. The number of fused-ring (bicyclic) bond motifs is 3. The third-order valence-electron chi connectivity index (χ3n) is 5.96. The average Bonchev–Trinajstić information content (AvgIpc) is 2.82. The lowest BCUT2D eigenvalue weighted by molar-refractivity contribution is 0.210. The van der Waals surface area contributed by atoms with Gasteiger partial charge in [-0.25, -0.2) is 0 Å². The fraction of sp³-hybridized carbons (Fsp3) is 0.250. The van der Waals surface area contributed by atoms with E-state index in [9.17, 15) is 0 Å². The number of anilines is 4. The first-order valence-corrected chi connectivity index (χ1v) is 11.5. The second-order valence-corrected chi connectivity index (χ2v) is 9.03. The van der Waals surface area contributed by atoms with E-state index in [1.165, 1.54) is 21.7 Å². The van der Waals surface area contributed by atoms with Crippen LogP contribution >= 0.6 is 11.8 Å². The first-order chi connectivity index (χ1) is 14.8. The molecular weight excluding hydrogens is 392 g/mol. The van der Waals surface area contributed by atoms with Gasteiger partial charge in [0.1, 0.15) is 11.9 Å². The van der Waals surface area contributed by atoms with Gasteiger partial charge < -0.3 is 26.0 Å². The van der Waals surface area contributed by atoms with Gasteiger partial charge >= 0.3 is 0 Å². The lowest BCUT2D eigenvalue weighted by Crippen LogP contribution is -2.27. The van der Waals surface area contributed by atoms with Gasteiger partial charge in [0.05, 0.1) is 29.6 Å². The number of para-hydroxylation sites is 2. The van der Waals surface area contributed by atoms with Gasteiger partial charge in [-0.05, 0) is 47.5 Å². The Kier molecular flexibility index (Phi) is 4.38. The normalized spacial score (nSPS) is 21.3. The third kappa shape index (κ3) is 3.21. The number of hydrogen-bond donors (Lipinski definition) is 4. The Morgan fingerprint density at radius 3 is 2.57 bits per heavy atom. The summed E-state index contributed by atoms with van der Waals surface area (Å²) in [5.41, 5.74) is 7.04. The van der Waals surface area contributed by atoms with Gasteiger partial charge in [-0.2, -0.15) is 0 Å². The van der Waals surface area contributed by atoms with Crippen molar-refractivity contribution in [1.82, 2.24) is 0 Å². The van der Waals surface area contributed by atoms with Gasteiger partial charge in [0.15, 0.2) is 0 Å². The van der Waals surface area contributed by atoms with Crippen molar-refractivity contribution in [2.24, 2.45) is 0 Å². The van der Waals surface area contributed by atoms with Gasteiger partial charge in [-0.15, -0.1) is 11.8 Å². The lowest BCUT2D eigenvalue weighted by Gasteiger charge is -2.31. The molecule has 0 saturated heterocycles. The molecule has 5 nitrogen and oxygen atoms in total. The van der Waals surface area contributed by atoms with E-state index in [0.29, 0.717) is 0 Å². The number of hydrogen-bond acceptors (Lipinski definition) is 6. The van der Waals surface area contributed by atoms with Crippen LogP contribution in [0.5, 0.6) is 5.75 Å². The molecular formula is C24H24N4OS. The first kappa shape index (κ1) is 17.8. The Morgan fingerprint density at radius 1 is 0.767 bits per heavy atom. The molecule has 3 aromatic rings. The summed E-state index contributed by atoms with van der Waals surface area (Å²) >= 11 is 1.91.